The zero-order valence-corrected chi connectivity index (χ0v) is 9.56. The Labute approximate surface area is 99.7 Å². The van der Waals surface area contributed by atoms with Crippen molar-refractivity contribution < 1.29 is 5.11 Å². The first kappa shape index (κ1) is 10.5. The molecule has 3 rings (SSSR count). The van der Waals surface area contributed by atoms with Crippen molar-refractivity contribution in [3.63, 3.8) is 0 Å². The lowest BCUT2D eigenvalue weighted by molar-refractivity contribution is 0.480. The molecule has 88 valence electrons. The molecule has 0 bridgehead atoms. The number of benzene rings is 1. The summed E-state index contributed by atoms with van der Waals surface area (Å²) in [5.74, 6) is 0.227. The molecule has 2 aromatic rings. The fourth-order valence-electron chi connectivity index (χ4n) is 2.45. The molecule has 0 aliphatic carbocycles. The summed E-state index contributed by atoms with van der Waals surface area (Å²) in [6.45, 7) is 1.10. The van der Waals surface area contributed by atoms with Crippen molar-refractivity contribution in [2.45, 2.75) is 25.3 Å². The number of rotatable bonds is 2. The standard InChI is InChI=1S/C13H15N3O/c17-12-5-1-4-10-11(15-8-16-13(10)12)7-9-3-2-6-14-9/h1,4-5,8-9,14,17H,2-3,6-7H2. The molecule has 1 aromatic heterocycles. The van der Waals surface area contributed by atoms with Crippen LogP contribution in [0.25, 0.3) is 10.9 Å². The molecule has 1 atom stereocenters. The van der Waals surface area contributed by atoms with Gasteiger partial charge >= 0.3 is 0 Å². The van der Waals surface area contributed by atoms with Crippen LogP contribution < -0.4 is 5.32 Å². The second-order valence-electron chi connectivity index (χ2n) is 4.49. The van der Waals surface area contributed by atoms with Gasteiger partial charge in [-0.05, 0) is 25.5 Å². The zero-order valence-electron chi connectivity index (χ0n) is 9.56. The van der Waals surface area contributed by atoms with Gasteiger partial charge in [0.15, 0.2) is 0 Å². The molecule has 1 aromatic carbocycles. The Bertz CT molecular complexity index is 535. The molecule has 1 unspecified atom stereocenters. The van der Waals surface area contributed by atoms with E-state index in [4.69, 9.17) is 0 Å². The van der Waals surface area contributed by atoms with Gasteiger partial charge in [0.2, 0.25) is 0 Å². The molecule has 4 nitrogen and oxygen atoms in total. The molecular weight excluding hydrogens is 214 g/mol. The number of para-hydroxylation sites is 1. The number of aromatic nitrogens is 2. The molecule has 1 aliphatic rings. The minimum atomic E-state index is 0.227. The van der Waals surface area contributed by atoms with E-state index < -0.39 is 0 Å². The molecule has 0 amide bonds. The van der Waals surface area contributed by atoms with Crippen LogP contribution in [0.2, 0.25) is 0 Å². The summed E-state index contributed by atoms with van der Waals surface area (Å²) in [7, 11) is 0. The first-order chi connectivity index (χ1) is 8.34. The van der Waals surface area contributed by atoms with Crippen LogP contribution in [0.5, 0.6) is 5.75 Å². The van der Waals surface area contributed by atoms with Crippen LogP contribution in [0.1, 0.15) is 18.5 Å². The molecule has 17 heavy (non-hydrogen) atoms. The van der Waals surface area contributed by atoms with Crippen LogP contribution in [-0.2, 0) is 6.42 Å². The van der Waals surface area contributed by atoms with Crippen molar-refractivity contribution in [3.8, 4) is 5.75 Å². The first-order valence-electron chi connectivity index (χ1n) is 5.99. The maximum atomic E-state index is 9.75. The summed E-state index contributed by atoms with van der Waals surface area (Å²) >= 11 is 0. The highest BCUT2D eigenvalue weighted by molar-refractivity contribution is 5.85. The lowest BCUT2D eigenvalue weighted by Gasteiger charge is -2.11. The average Bonchev–Trinajstić information content (AvgIpc) is 2.83. The molecule has 1 aliphatic heterocycles. The molecular formula is C13H15N3O. The van der Waals surface area contributed by atoms with Crippen molar-refractivity contribution >= 4 is 10.9 Å². The van der Waals surface area contributed by atoms with Gasteiger partial charge in [-0.25, -0.2) is 9.97 Å². The van der Waals surface area contributed by atoms with Crippen LogP contribution in [0.3, 0.4) is 0 Å². The van der Waals surface area contributed by atoms with Crippen LogP contribution in [0.4, 0.5) is 0 Å². The van der Waals surface area contributed by atoms with Gasteiger partial charge in [0.05, 0.1) is 5.69 Å². The largest absolute Gasteiger partial charge is 0.506 e. The third kappa shape index (κ3) is 1.96. The van der Waals surface area contributed by atoms with Crippen molar-refractivity contribution in [1.82, 2.24) is 15.3 Å². The summed E-state index contributed by atoms with van der Waals surface area (Å²) in [6, 6.07) is 5.98. The molecule has 0 saturated carbocycles. The Kier molecular flexibility index (Phi) is 2.65. The van der Waals surface area contributed by atoms with Gasteiger partial charge in [0.25, 0.3) is 0 Å². The molecule has 1 saturated heterocycles. The summed E-state index contributed by atoms with van der Waals surface area (Å²) in [4.78, 5) is 8.48. The minimum Gasteiger partial charge on any atom is -0.506 e. The van der Waals surface area contributed by atoms with E-state index in [-0.39, 0.29) is 5.75 Å². The lowest BCUT2D eigenvalue weighted by Crippen LogP contribution is -2.24. The topological polar surface area (TPSA) is 58.0 Å². The molecule has 0 radical (unpaired) electrons. The average molecular weight is 229 g/mol. The van der Waals surface area contributed by atoms with Gasteiger partial charge in [-0.15, -0.1) is 0 Å². The van der Waals surface area contributed by atoms with Crippen molar-refractivity contribution in [2.75, 3.05) is 6.54 Å². The third-order valence-electron chi connectivity index (χ3n) is 3.33. The summed E-state index contributed by atoms with van der Waals surface area (Å²) in [5, 5.41) is 14.2. The number of phenols is 1. The second kappa shape index (κ2) is 4.30. The van der Waals surface area contributed by atoms with Crippen LogP contribution in [-0.4, -0.2) is 27.7 Å². The molecule has 1 fully saturated rings. The van der Waals surface area contributed by atoms with Crippen LogP contribution in [0.15, 0.2) is 24.5 Å². The highest BCUT2D eigenvalue weighted by Gasteiger charge is 2.17. The number of hydrogen-bond donors (Lipinski definition) is 2. The van der Waals surface area contributed by atoms with Gasteiger partial charge in [0.1, 0.15) is 17.6 Å². The van der Waals surface area contributed by atoms with Crippen molar-refractivity contribution in [1.29, 1.82) is 0 Å². The fourth-order valence-corrected chi connectivity index (χ4v) is 2.45. The number of fused-ring (bicyclic) bond motifs is 1. The monoisotopic (exact) mass is 229 g/mol. The van der Waals surface area contributed by atoms with E-state index in [0.717, 1.165) is 24.0 Å². The van der Waals surface area contributed by atoms with Gasteiger partial charge < -0.3 is 10.4 Å². The van der Waals surface area contributed by atoms with E-state index in [1.807, 2.05) is 12.1 Å². The number of phenolic OH excluding ortho intramolecular Hbond substituents is 1. The van der Waals surface area contributed by atoms with Crippen molar-refractivity contribution in [2.24, 2.45) is 0 Å². The van der Waals surface area contributed by atoms with Gasteiger partial charge in [-0.3, -0.25) is 0 Å². The molecule has 4 heteroatoms. The van der Waals surface area contributed by atoms with Gasteiger partial charge in [-0.1, -0.05) is 12.1 Å². The Morgan fingerprint density at radius 2 is 2.29 bits per heavy atom. The normalized spacial score (nSPS) is 19.9. The summed E-state index contributed by atoms with van der Waals surface area (Å²) in [5.41, 5.74) is 1.67. The predicted molar refractivity (Wildman–Crippen MR) is 65.9 cm³/mol. The van der Waals surface area contributed by atoms with Gasteiger partial charge in [0, 0.05) is 17.8 Å². The number of hydrogen-bond acceptors (Lipinski definition) is 4. The number of aromatic hydroxyl groups is 1. The molecule has 0 spiro atoms. The zero-order chi connectivity index (χ0) is 11.7. The van der Waals surface area contributed by atoms with E-state index in [1.54, 1.807) is 6.07 Å². The highest BCUT2D eigenvalue weighted by atomic mass is 16.3. The third-order valence-corrected chi connectivity index (χ3v) is 3.33. The van der Waals surface area contributed by atoms with Crippen LogP contribution >= 0.6 is 0 Å². The fraction of sp³-hybridized carbons (Fsp3) is 0.385. The molecule has 2 N–H and O–H groups in total. The Morgan fingerprint density at radius 3 is 3.12 bits per heavy atom. The van der Waals surface area contributed by atoms with E-state index >= 15 is 0 Å². The second-order valence-corrected chi connectivity index (χ2v) is 4.49. The van der Waals surface area contributed by atoms with E-state index in [0.29, 0.717) is 11.6 Å². The van der Waals surface area contributed by atoms with Gasteiger partial charge in [-0.2, -0.15) is 0 Å². The van der Waals surface area contributed by atoms with E-state index in [1.165, 1.54) is 19.2 Å². The Balaban J connectivity index is 2.01. The predicted octanol–water partition coefficient (Wildman–Crippen LogP) is 1.63. The quantitative estimate of drug-likeness (QED) is 0.821. The lowest BCUT2D eigenvalue weighted by atomic mass is 10.1. The highest BCUT2D eigenvalue weighted by Crippen LogP contribution is 2.24. The number of nitrogens with zero attached hydrogens (tertiary/aromatic N) is 2. The first-order valence-corrected chi connectivity index (χ1v) is 5.99. The maximum absolute atomic E-state index is 9.75. The Hall–Kier alpha value is -1.68. The maximum Gasteiger partial charge on any atom is 0.141 e. The smallest absolute Gasteiger partial charge is 0.141 e. The minimum absolute atomic E-state index is 0.227. The van der Waals surface area contributed by atoms with E-state index in [2.05, 4.69) is 15.3 Å². The van der Waals surface area contributed by atoms with E-state index in [9.17, 15) is 5.11 Å². The SMILES string of the molecule is Oc1cccc2c(CC3CCCN3)ncnc12. The summed E-state index contributed by atoms with van der Waals surface area (Å²) < 4.78 is 0. The number of nitrogens with one attached hydrogen (secondary N) is 1. The summed E-state index contributed by atoms with van der Waals surface area (Å²) in [6.07, 6.45) is 4.87. The molecule has 2 heterocycles. The Morgan fingerprint density at radius 1 is 1.35 bits per heavy atom. The van der Waals surface area contributed by atoms with Crippen LogP contribution in [0, 0.1) is 0 Å². The van der Waals surface area contributed by atoms with Crippen molar-refractivity contribution in [3.05, 3.63) is 30.2 Å².